The number of hydrogen-bond donors (Lipinski definition) is 2. The second-order valence-electron chi connectivity index (χ2n) is 8.94. The number of piperidine rings is 2. The summed E-state index contributed by atoms with van der Waals surface area (Å²) in [5.41, 5.74) is 0.860. The van der Waals surface area contributed by atoms with Gasteiger partial charge < -0.3 is 14.8 Å². The normalized spacial score (nSPS) is 24.3. The van der Waals surface area contributed by atoms with E-state index in [0.29, 0.717) is 71.5 Å². The Labute approximate surface area is 200 Å². The SMILES string of the molecule is NS(=O)(=O)c1ccc(CCNC(=O)[C@@H]2CCCN(S(=O)(=O)N3CCC4(CC3)OCCO4)C2)cc1. The van der Waals surface area contributed by atoms with Crippen molar-refractivity contribution in [3.8, 4) is 0 Å². The number of carbonyl (C=O) groups is 1. The Morgan fingerprint density at radius 1 is 1.03 bits per heavy atom. The van der Waals surface area contributed by atoms with Crippen molar-refractivity contribution in [1.29, 1.82) is 0 Å². The van der Waals surface area contributed by atoms with Crippen LogP contribution in [0.1, 0.15) is 31.2 Å². The summed E-state index contributed by atoms with van der Waals surface area (Å²) in [6.45, 7) is 2.67. The molecule has 3 aliphatic rings. The van der Waals surface area contributed by atoms with Gasteiger partial charge in [0.1, 0.15) is 0 Å². The van der Waals surface area contributed by atoms with Gasteiger partial charge in [-0.3, -0.25) is 4.79 Å². The van der Waals surface area contributed by atoms with Crippen molar-refractivity contribution >= 4 is 26.1 Å². The fraction of sp³-hybridized carbons (Fsp3) is 0.667. The molecule has 0 saturated carbocycles. The van der Waals surface area contributed by atoms with Gasteiger partial charge in [0.15, 0.2) is 5.79 Å². The number of nitrogens with two attached hydrogens (primary N) is 1. The second kappa shape index (κ2) is 10.2. The highest BCUT2D eigenvalue weighted by Gasteiger charge is 2.44. The molecule has 3 fully saturated rings. The Balaban J connectivity index is 1.27. The molecule has 0 unspecified atom stereocenters. The molecule has 1 atom stereocenters. The zero-order valence-corrected chi connectivity index (χ0v) is 20.7. The lowest BCUT2D eigenvalue weighted by Crippen LogP contribution is -2.54. The first-order valence-corrected chi connectivity index (χ1v) is 14.5. The molecule has 3 saturated heterocycles. The van der Waals surface area contributed by atoms with Crippen molar-refractivity contribution in [1.82, 2.24) is 13.9 Å². The number of rotatable bonds is 7. The van der Waals surface area contributed by atoms with Crippen molar-refractivity contribution in [2.75, 3.05) is 45.9 Å². The number of hydrogen-bond acceptors (Lipinski definition) is 7. The van der Waals surface area contributed by atoms with Crippen LogP contribution in [0.5, 0.6) is 0 Å². The second-order valence-corrected chi connectivity index (χ2v) is 12.4. The van der Waals surface area contributed by atoms with Gasteiger partial charge >= 0.3 is 0 Å². The maximum Gasteiger partial charge on any atom is 0.282 e. The highest BCUT2D eigenvalue weighted by Crippen LogP contribution is 2.33. The third-order valence-corrected chi connectivity index (χ3v) is 9.60. The number of nitrogens with zero attached hydrogens (tertiary/aromatic N) is 2. The molecule has 3 N–H and O–H groups in total. The van der Waals surface area contributed by atoms with Crippen molar-refractivity contribution in [3.05, 3.63) is 29.8 Å². The third kappa shape index (κ3) is 5.78. The molecule has 4 rings (SSSR count). The molecule has 13 heteroatoms. The minimum atomic E-state index is -3.74. The molecule has 1 aromatic rings. The van der Waals surface area contributed by atoms with Crippen LogP contribution in [0.25, 0.3) is 0 Å². The van der Waals surface area contributed by atoms with E-state index >= 15 is 0 Å². The van der Waals surface area contributed by atoms with Gasteiger partial charge in [0.25, 0.3) is 10.2 Å². The highest BCUT2D eigenvalue weighted by atomic mass is 32.2. The monoisotopic (exact) mass is 516 g/mol. The van der Waals surface area contributed by atoms with Crippen LogP contribution >= 0.6 is 0 Å². The maximum atomic E-state index is 13.2. The number of benzene rings is 1. The Hall–Kier alpha value is -1.61. The number of primary sulfonamides is 1. The largest absolute Gasteiger partial charge is 0.355 e. The zero-order chi connectivity index (χ0) is 24.4. The molecule has 0 aliphatic carbocycles. The lowest BCUT2D eigenvalue weighted by Gasteiger charge is -2.40. The van der Waals surface area contributed by atoms with Crippen LogP contribution in [0.15, 0.2) is 29.2 Å². The van der Waals surface area contributed by atoms with E-state index in [1.165, 1.54) is 20.7 Å². The van der Waals surface area contributed by atoms with Gasteiger partial charge in [-0.05, 0) is 37.0 Å². The first-order valence-electron chi connectivity index (χ1n) is 11.5. The summed E-state index contributed by atoms with van der Waals surface area (Å²) in [7, 11) is -7.40. The van der Waals surface area contributed by atoms with Crippen molar-refractivity contribution < 1.29 is 31.1 Å². The Kier molecular flexibility index (Phi) is 7.62. The first-order chi connectivity index (χ1) is 16.1. The summed E-state index contributed by atoms with van der Waals surface area (Å²) in [6.07, 6.45) is 2.78. The predicted molar refractivity (Wildman–Crippen MR) is 123 cm³/mol. The van der Waals surface area contributed by atoms with Gasteiger partial charge in [0.2, 0.25) is 15.9 Å². The molecule has 1 aromatic carbocycles. The van der Waals surface area contributed by atoms with Gasteiger partial charge in [0.05, 0.1) is 24.0 Å². The zero-order valence-electron chi connectivity index (χ0n) is 19.0. The van der Waals surface area contributed by atoms with Gasteiger partial charge in [0, 0.05) is 45.6 Å². The molecule has 0 radical (unpaired) electrons. The standard InChI is InChI=1S/C21H32N4O7S2/c22-33(27,28)19-5-3-17(4-6-19)7-10-23-20(26)18-2-1-11-25(16-18)34(29,30)24-12-8-21(9-13-24)31-14-15-32-21/h3-6,18H,1-2,7-16H2,(H,23,26)(H2,22,27,28)/t18-/m1/s1. The third-order valence-electron chi connectivity index (χ3n) is 6.67. The van der Waals surface area contributed by atoms with Crippen LogP contribution in [-0.4, -0.2) is 83.1 Å². The Morgan fingerprint density at radius 2 is 1.68 bits per heavy atom. The van der Waals surface area contributed by atoms with Gasteiger partial charge in [-0.25, -0.2) is 13.6 Å². The molecule has 3 aliphatic heterocycles. The quantitative estimate of drug-likeness (QED) is 0.509. The highest BCUT2D eigenvalue weighted by molar-refractivity contribution is 7.89. The van der Waals surface area contributed by atoms with Crippen LogP contribution in [0, 0.1) is 5.92 Å². The predicted octanol–water partition coefficient (Wildman–Crippen LogP) is -0.212. The molecule has 3 heterocycles. The first kappa shape index (κ1) is 25.5. The number of amides is 1. The molecule has 11 nitrogen and oxygen atoms in total. The molecule has 1 spiro atoms. The average Bonchev–Trinajstić information content (AvgIpc) is 3.27. The summed E-state index contributed by atoms with van der Waals surface area (Å²) in [5, 5.41) is 7.98. The summed E-state index contributed by atoms with van der Waals surface area (Å²) in [6, 6.07) is 6.18. The Bertz CT molecular complexity index is 1080. The average molecular weight is 517 g/mol. The molecular formula is C21H32N4O7S2. The molecule has 34 heavy (non-hydrogen) atoms. The van der Waals surface area contributed by atoms with Crippen LogP contribution in [0.2, 0.25) is 0 Å². The summed E-state index contributed by atoms with van der Waals surface area (Å²) in [5.74, 6) is -1.23. The van der Waals surface area contributed by atoms with Crippen LogP contribution in [-0.2, 0) is 40.9 Å². The number of carbonyl (C=O) groups excluding carboxylic acids is 1. The topological polar surface area (TPSA) is 148 Å². The Morgan fingerprint density at radius 3 is 2.29 bits per heavy atom. The number of nitrogens with one attached hydrogen (secondary N) is 1. The molecule has 1 amide bonds. The maximum absolute atomic E-state index is 13.2. The summed E-state index contributed by atoms with van der Waals surface area (Å²) in [4.78, 5) is 12.8. The van der Waals surface area contributed by atoms with E-state index in [0.717, 1.165) is 5.56 Å². The summed E-state index contributed by atoms with van der Waals surface area (Å²) < 4.78 is 63.3. The van der Waals surface area contributed by atoms with E-state index in [-0.39, 0.29) is 17.3 Å². The van der Waals surface area contributed by atoms with Crippen molar-refractivity contribution in [2.24, 2.45) is 11.1 Å². The fourth-order valence-electron chi connectivity index (χ4n) is 4.69. The smallest absolute Gasteiger partial charge is 0.282 e. The molecule has 190 valence electrons. The molecule has 0 bridgehead atoms. The fourth-order valence-corrected chi connectivity index (χ4v) is 6.91. The minimum Gasteiger partial charge on any atom is -0.355 e. The molecular weight excluding hydrogens is 484 g/mol. The van der Waals surface area contributed by atoms with Crippen molar-refractivity contribution in [3.63, 3.8) is 0 Å². The van der Waals surface area contributed by atoms with Gasteiger partial charge in [-0.1, -0.05) is 12.1 Å². The molecule has 0 aromatic heterocycles. The lowest BCUT2D eigenvalue weighted by molar-refractivity contribution is -0.179. The summed E-state index contributed by atoms with van der Waals surface area (Å²) >= 11 is 0. The minimum absolute atomic E-state index is 0.0379. The van der Waals surface area contributed by atoms with Gasteiger partial charge in [-0.2, -0.15) is 17.0 Å². The number of ether oxygens (including phenoxy) is 2. The van der Waals surface area contributed by atoms with Crippen LogP contribution in [0.3, 0.4) is 0 Å². The van der Waals surface area contributed by atoms with E-state index in [9.17, 15) is 21.6 Å². The van der Waals surface area contributed by atoms with E-state index in [2.05, 4.69) is 5.32 Å². The van der Waals surface area contributed by atoms with E-state index in [1.54, 1.807) is 12.1 Å². The van der Waals surface area contributed by atoms with Crippen molar-refractivity contribution in [2.45, 2.75) is 42.8 Å². The van der Waals surface area contributed by atoms with E-state index in [1.807, 2.05) is 0 Å². The number of sulfonamides is 1. The van der Waals surface area contributed by atoms with Gasteiger partial charge in [-0.15, -0.1) is 0 Å². The van der Waals surface area contributed by atoms with Crippen LogP contribution < -0.4 is 10.5 Å². The van der Waals surface area contributed by atoms with E-state index < -0.39 is 31.9 Å². The van der Waals surface area contributed by atoms with E-state index in [4.69, 9.17) is 14.6 Å². The lowest BCUT2D eigenvalue weighted by atomic mass is 9.99. The van der Waals surface area contributed by atoms with Crippen LogP contribution in [0.4, 0.5) is 0 Å².